The summed E-state index contributed by atoms with van der Waals surface area (Å²) in [7, 11) is 2.91. The number of amides is 1. The Kier molecular flexibility index (Phi) is 5.64. The normalized spacial score (nSPS) is 15.2. The molecule has 1 fully saturated rings. The molecular weight excluding hydrogens is 312 g/mol. The lowest BCUT2D eigenvalue weighted by molar-refractivity contribution is -0.125. The van der Waals surface area contributed by atoms with Crippen molar-refractivity contribution in [3.63, 3.8) is 0 Å². The monoisotopic (exact) mass is 332 g/mol. The molecule has 1 N–H and O–H groups in total. The molecule has 0 aliphatic heterocycles. The Balaban J connectivity index is 1.98. The van der Waals surface area contributed by atoms with E-state index in [4.69, 9.17) is 14.2 Å². The van der Waals surface area contributed by atoms with Gasteiger partial charge in [-0.15, -0.1) is 0 Å². The Morgan fingerprint density at radius 3 is 2.54 bits per heavy atom. The first-order valence-electron chi connectivity index (χ1n) is 7.65. The van der Waals surface area contributed by atoms with Crippen molar-refractivity contribution >= 4 is 11.9 Å². The summed E-state index contributed by atoms with van der Waals surface area (Å²) in [5.41, 5.74) is -0.669. The van der Waals surface area contributed by atoms with Crippen molar-refractivity contribution in [1.82, 2.24) is 5.32 Å². The van der Waals surface area contributed by atoms with Crippen LogP contribution in [0.15, 0.2) is 18.2 Å². The predicted molar refractivity (Wildman–Crippen MR) is 84.8 cm³/mol. The number of rotatable bonds is 6. The first-order chi connectivity index (χ1) is 11.5. The van der Waals surface area contributed by atoms with Gasteiger partial charge in [0.25, 0.3) is 5.91 Å². The van der Waals surface area contributed by atoms with E-state index in [0.717, 1.165) is 12.8 Å². The lowest BCUT2D eigenvalue weighted by atomic mass is 10.00. The average Bonchev–Trinajstić information content (AvgIpc) is 3.08. The van der Waals surface area contributed by atoms with Gasteiger partial charge in [0, 0.05) is 0 Å². The first kappa shape index (κ1) is 17.6. The third-order valence-electron chi connectivity index (χ3n) is 4.01. The second kappa shape index (κ2) is 7.68. The molecule has 1 aliphatic carbocycles. The van der Waals surface area contributed by atoms with E-state index in [1.807, 2.05) is 0 Å². The maximum Gasteiger partial charge on any atom is 0.342 e. The second-order valence-electron chi connectivity index (χ2n) is 5.59. The fraction of sp³-hybridized carbons (Fsp3) is 0.471. The molecule has 1 aliphatic rings. The standard InChI is InChI=1S/C17H20N2O5/c1-22-12-5-6-14(23-2)13(9-12)16(21)24-10-15(20)19-17(11-18)7-3-4-8-17/h5-6,9H,3-4,7-8,10H2,1-2H3,(H,19,20). The highest BCUT2D eigenvalue weighted by Crippen LogP contribution is 2.29. The molecule has 1 aromatic rings. The highest BCUT2D eigenvalue weighted by Gasteiger charge is 2.35. The fourth-order valence-electron chi connectivity index (χ4n) is 2.73. The molecule has 1 aromatic carbocycles. The average molecular weight is 332 g/mol. The molecule has 1 amide bonds. The van der Waals surface area contributed by atoms with Crippen LogP contribution in [0.25, 0.3) is 0 Å². The summed E-state index contributed by atoms with van der Waals surface area (Å²) >= 11 is 0. The Morgan fingerprint density at radius 2 is 1.96 bits per heavy atom. The number of carbonyl (C=O) groups excluding carboxylic acids is 2. The highest BCUT2D eigenvalue weighted by atomic mass is 16.5. The van der Waals surface area contributed by atoms with Crippen molar-refractivity contribution in [1.29, 1.82) is 5.26 Å². The number of nitrogens with zero attached hydrogens (tertiary/aromatic N) is 1. The summed E-state index contributed by atoms with van der Waals surface area (Å²) in [6, 6.07) is 6.86. The Hall–Kier alpha value is -2.75. The van der Waals surface area contributed by atoms with E-state index < -0.39 is 24.0 Å². The van der Waals surface area contributed by atoms with Crippen LogP contribution in [0.4, 0.5) is 0 Å². The van der Waals surface area contributed by atoms with Gasteiger partial charge in [-0.1, -0.05) is 0 Å². The molecule has 0 saturated heterocycles. The largest absolute Gasteiger partial charge is 0.497 e. The molecule has 24 heavy (non-hydrogen) atoms. The zero-order valence-corrected chi connectivity index (χ0v) is 13.8. The fourth-order valence-corrected chi connectivity index (χ4v) is 2.73. The van der Waals surface area contributed by atoms with E-state index in [1.165, 1.54) is 20.3 Å². The highest BCUT2D eigenvalue weighted by molar-refractivity contribution is 5.94. The van der Waals surface area contributed by atoms with Crippen molar-refractivity contribution in [2.45, 2.75) is 31.2 Å². The van der Waals surface area contributed by atoms with Crippen LogP contribution in [-0.2, 0) is 9.53 Å². The van der Waals surface area contributed by atoms with E-state index in [1.54, 1.807) is 12.1 Å². The summed E-state index contributed by atoms with van der Waals surface area (Å²) < 4.78 is 15.2. The lowest BCUT2D eigenvalue weighted by Crippen LogP contribution is -2.46. The number of nitrogens with one attached hydrogen (secondary N) is 1. The number of benzene rings is 1. The predicted octanol–water partition coefficient (Wildman–Crippen LogP) is 1.81. The van der Waals surface area contributed by atoms with Crippen LogP contribution >= 0.6 is 0 Å². The zero-order valence-electron chi connectivity index (χ0n) is 13.8. The quantitative estimate of drug-likeness (QED) is 0.798. The summed E-state index contributed by atoms with van der Waals surface area (Å²) in [5, 5.41) is 11.9. The molecule has 1 saturated carbocycles. The van der Waals surface area contributed by atoms with Gasteiger partial charge in [0.05, 0.1) is 20.3 Å². The molecule has 0 unspecified atom stereocenters. The molecule has 0 heterocycles. The van der Waals surface area contributed by atoms with Crippen molar-refractivity contribution in [3.05, 3.63) is 23.8 Å². The molecular formula is C17H20N2O5. The van der Waals surface area contributed by atoms with Gasteiger partial charge in [0.15, 0.2) is 6.61 Å². The van der Waals surface area contributed by atoms with E-state index in [0.29, 0.717) is 24.3 Å². The topological polar surface area (TPSA) is 97.7 Å². The number of methoxy groups -OCH3 is 2. The molecule has 7 nitrogen and oxygen atoms in total. The summed E-state index contributed by atoms with van der Waals surface area (Å²) in [5.74, 6) is -0.390. The van der Waals surface area contributed by atoms with Gasteiger partial charge in [-0.3, -0.25) is 4.79 Å². The summed E-state index contributed by atoms with van der Waals surface area (Å²) in [4.78, 5) is 24.2. The minimum absolute atomic E-state index is 0.167. The third kappa shape index (κ3) is 3.96. The third-order valence-corrected chi connectivity index (χ3v) is 4.01. The number of ether oxygens (including phenoxy) is 3. The molecule has 2 rings (SSSR count). The van der Waals surface area contributed by atoms with Crippen LogP contribution in [0.3, 0.4) is 0 Å². The van der Waals surface area contributed by atoms with Crippen molar-refractivity contribution < 1.29 is 23.8 Å². The molecule has 0 spiro atoms. The van der Waals surface area contributed by atoms with Gasteiger partial charge in [0.2, 0.25) is 0 Å². The first-order valence-corrected chi connectivity index (χ1v) is 7.65. The van der Waals surface area contributed by atoms with E-state index in [2.05, 4.69) is 11.4 Å². The van der Waals surface area contributed by atoms with Gasteiger partial charge >= 0.3 is 5.97 Å². The molecule has 0 aromatic heterocycles. The summed E-state index contributed by atoms with van der Waals surface area (Å²) in [6.07, 6.45) is 3.03. The molecule has 0 atom stereocenters. The van der Waals surface area contributed by atoms with Crippen LogP contribution in [0.2, 0.25) is 0 Å². The molecule has 0 bridgehead atoms. The number of esters is 1. The molecule has 7 heteroatoms. The number of carbonyl (C=O) groups is 2. The maximum atomic E-state index is 12.2. The SMILES string of the molecule is COc1ccc(OC)c(C(=O)OCC(=O)NC2(C#N)CCCC2)c1. The van der Waals surface area contributed by atoms with Gasteiger partial charge in [-0.2, -0.15) is 5.26 Å². The minimum Gasteiger partial charge on any atom is -0.497 e. The van der Waals surface area contributed by atoms with Gasteiger partial charge in [-0.25, -0.2) is 4.79 Å². The van der Waals surface area contributed by atoms with Gasteiger partial charge in [-0.05, 0) is 43.9 Å². The Bertz CT molecular complexity index is 659. The maximum absolute atomic E-state index is 12.2. The molecule has 128 valence electrons. The van der Waals surface area contributed by atoms with Gasteiger partial charge in [0.1, 0.15) is 22.6 Å². The number of nitriles is 1. The van der Waals surface area contributed by atoms with E-state index in [-0.39, 0.29) is 5.56 Å². The second-order valence-corrected chi connectivity index (χ2v) is 5.59. The summed E-state index contributed by atoms with van der Waals surface area (Å²) in [6.45, 7) is -0.456. The van der Waals surface area contributed by atoms with Crippen molar-refractivity contribution in [2.24, 2.45) is 0 Å². The van der Waals surface area contributed by atoms with Gasteiger partial charge < -0.3 is 19.5 Å². The van der Waals surface area contributed by atoms with Crippen LogP contribution in [0, 0.1) is 11.3 Å². The zero-order chi connectivity index (χ0) is 17.6. The van der Waals surface area contributed by atoms with E-state index in [9.17, 15) is 14.9 Å². The minimum atomic E-state index is -0.836. The molecule has 0 radical (unpaired) electrons. The Labute approximate surface area is 140 Å². The van der Waals surface area contributed by atoms with Crippen LogP contribution in [0.1, 0.15) is 36.0 Å². The smallest absolute Gasteiger partial charge is 0.342 e. The lowest BCUT2D eigenvalue weighted by Gasteiger charge is -2.21. The van der Waals surface area contributed by atoms with Crippen LogP contribution in [0.5, 0.6) is 11.5 Å². The van der Waals surface area contributed by atoms with Crippen molar-refractivity contribution in [3.8, 4) is 17.6 Å². The number of hydrogen-bond donors (Lipinski definition) is 1. The van der Waals surface area contributed by atoms with Crippen LogP contribution in [-0.4, -0.2) is 38.2 Å². The van der Waals surface area contributed by atoms with E-state index >= 15 is 0 Å². The Morgan fingerprint density at radius 1 is 1.25 bits per heavy atom. The number of hydrogen-bond acceptors (Lipinski definition) is 6. The van der Waals surface area contributed by atoms with Crippen LogP contribution < -0.4 is 14.8 Å². The van der Waals surface area contributed by atoms with Crippen molar-refractivity contribution in [2.75, 3.05) is 20.8 Å².